The van der Waals surface area contributed by atoms with Gasteiger partial charge >= 0.3 is 0 Å². The number of hydrogen-bond acceptors (Lipinski definition) is 2. The molecule has 1 nitrogen and oxygen atoms in total. The molecule has 4 heteroatoms. The van der Waals surface area contributed by atoms with Gasteiger partial charge in [0.1, 0.15) is 12.4 Å². The number of benzene rings is 2. The Morgan fingerprint density at radius 1 is 1.00 bits per heavy atom. The molecule has 0 unspecified atom stereocenters. The molecule has 0 aliphatic rings. The van der Waals surface area contributed by atoms with Crippen LogP contribution in [-0.4, -0.2) is 0 Å². The van der Waals surface area contributed by atoms with E-state index in [2.05, 4.69) is 0 Å². The quantitative estimate of drug-likeness (QED) is 0.670. The van der Waals surface area contributed by atoms with Gasteiger partial charge in [0.25, 0.3) is 0 Å². The van der Waals surface area contributed by atoms with Crippen LogP contribution in [0.5, 0.6) is 5.75 Å². The van der Waals surface area contributed by atoms with Crippen LogP contribution in [-0.2, 0) is 6.61 Å². The van der Waals surface area contributed by atoms with Crippen molar-refractivity contribution in [1.29, 1.82) is 0 Å². The first-order chi connectivity index (χ1) is 9.22. The Morgan fingerprint density at radius 3 is 2.63 bits per heavy atom. The van der Waals surface area contributed by atoms with E-state index in [-0.39, 0.29) is 12.4 Å². The third kappa shape index (κ3) is 2.58. The van der Waals surface area contributed by atoms with Crippen molar-refractivity contribution in [2.24, 2.45) is 0 Å². The highest BCUT2D eigenvalue weighted by molar-refractivity contribution is 7.19. The molecule has 0 spiro atoms. The molecule has 3 rings (SSSR count). The van der Waals surface area contributed by atoms with Crippen LogP contribution in [0.1, 0.15) is 4.88 Å². The van der Waals surface area contributed by atoms with Crippen molar-refractivity contribution in [3.05, 3.63) is 65.0 Å². The highest BCUT2D eigenvalue weighted by atomic mass is 32.1. The van der Waals surface area contributed by atoms with E-state index in [1.807, 2.05) is 30.3 Å². The van der Waals surface area contributed by atoms with Crippen LogP contribution in [0.3, 0.4) is 0 Å². The molecule has 0 aliphatic carbocycles. The lowest BCUT2D eigenvalue weighted by Gasteiger charge is -2.05. The third-order valence-electron chi connectivity index (χ3n) is 2.74. The van der Waals surface area contributed by atoms with Gasteiger partial charge in [0.2, 0.25) is 0 Å². The molecule has 0 saturated heterocycles. The van der Waals surface area contributed by atoms with E-state index < -0.39 is 11.6 Å². The van der Waals surface area contributed by atoms with Gasteiger partial charge in [-0.3, -0.25) is 0 Å². The van der Waals surface area contributed by atoms with E-state index in [9.17, 15) is 8.78 Å². The minimum atomic E-state index is -0.680. The minimum Gasteiger partial charge on any atom is -0.485 e. The summed E-state index contributed by atoms with van der Waals surface area (Å²) >= 11 is 1.60. The van der Waals surface area contributed by atoms with Crippen LogP contribution >= 0.6 is 11.3 Å². The van der Waals surface area contributed by atoms with E-state index >= 15 is 0 Å². The summed E-state index contributed by atoms with van der Waals surface area (Å²) in [6, 6.07) is 13.3. The van der Waals surface area contributed by atoms with E-state index in [1.165, 1.54) is 16.8 Å². The molecule has 0 bridgehead atoms. The summed E-state index contributed by atoms with van der Waals surface area (Å²) in [7, 11) is 0. The maximum absolute atomic E-state index is 13.4. The average Bonchev–Trinajstić information content (AvgIpc) is 2.80. The summed E-state index contributed by atoms with van der Waals surface area (Å²) < 4.78 is 32.7. The molecule has 19 heavy (non-hydrogen) atoms. The van der Waals surface area contributed by atoms with Gasteiger partial charge in [0, 0.05) is 15.6 Å². The lowest BCUT2D eigenvalue weighted by atomic mass is 10.2. The zero-order valence-corrected chi connectivity index (χ0v) is 10.7. The smallest absolute Gasteiger partial charge is 0.167 e. The van der Waals surface area contributed by atoms with Crippen molar-refractivity contribution in [2.75, 3.05) is 0 Å². The van der Waals surface area contributed by atoms with Crippen LogP contribution < -0.4 is 4.74 Å². The third-order valence-corrected chi connectivity index (χ3v) is 3.83. The number of fused-ring (bicyclic) bond motifs is 1. The lowest BCUT2D eigenvalue weighted by molar-refractivity contribution is 0.292. The first kappa shape index (κ1) is 12.1. The summed E-state index contributed by atoms with van der Waals surface area (Å²) in [6.45, 7) is 0.280. The molecular formula is C15H10F2OS. The van der Waals surface area contributed by atoms with Gasteiger partial charge in [0.15, 0.2) is 11.6 Å². The molecule has 0 fully saturated rings. The monoisotopic (exact) mass is 276 g/mol. The van der Waals surface area contributed by atoms with Crippen molar-refractivity contribution in [1.82, 2.24) is 0 Å². The van der Waals surface area contributed by atoms with Crippen LogP contribution in [0.25, 0.3) is 10.1 Å². The minimum absolute atomic E-state index is 0.0684. The SMILES string of the molecule is Fc1ccc(OCc2cc3ccccc3s2)c(F)c1. The molecule has 0 amide bonds. The summed E-state index contributed by atoms with van der Waals surface area (Å²) in [4.78, 5) is 1.00. The molecule has 0 atom stereocenters. The highest BCUT2D eigenvalue weighted by Gasteiger charge is 2.06. The van der Waals surface area contributed by atoms with E-state index in [4.69, 9.17) is 4.74 Å². The molecule has 0 radical (unpaired) electrons. The van der Waals surface area contributed by atoms with Gasteiger partial charge in [0.05, 0.1) is 0 Å². The molecule has 1 heterocycles. The van der Waals surface area contributed by atoms with E-state index in [0.717, 1.165) is 16.3 Å². The van der Waals surface area contributed by atoms with Gasteiger partial charge < -0.3 is 4.74 Å². The summed E-state index contributed by atoms with van der Waals surface area (Å²) in [5, 5.41) is 1.14. The Labute approximate surface area is 113 Å². The van der Waals surface area contributed by atoms with Gasteiger partial charge in [-0.25, -0.2) is 8.78 Å². The Kier molecular flexibility index (Phi) is 3.17. The summed E-state index contributed by atoms with van der Waals surface area (Å²) in [6.07, 6.45) is 0. The van der Waals surface area contributed by atoms with Gasteiger partial charge in [-0.15, -0.1) is 11.3 Å². The standard InChI is InChI=1S/C15H10F2OS/c16-11-5-6-14(13(17)8-11)18-9-12-7-10-3-1-2-4-15(10)19-12/h1-8H,9H2. The molecule has 0 aliphatic heterocycles. The Morgan fingerprint density at radius 2 is 1.84 bits per heavy atom. The van der Waals surface area contributed by atoms with Crippen molar-refractivity contribution in [3.8, 4) is 5.75 Å². The zero-order valence-electron chi connectivity index (χ0n) is 9.90. The second-order valence-corrected chi connectivity index (χ2v) is 5.28. The zero-order chi connectivity index (χ0) is 13.2. The fourth-order valence-corrected chi connectivity index (χ4v) is 2.83. The Hall–Kier alpha value is -1.94. The molecule has 1 aromatic heterocycles. The predicted molar refractivity (Wildman–Crippen MR) is 72.5 cm³/mol. The van der Waals surface area contributed by atoms with E-state index in [1.54, 1.807) is 11.3 Å². The first-order valence-corrected chi connectivity index (χ1v) is 6.59. The van der Waals surface area contributed by atoms with Gasteiger partial charge in [-0.1, -0.05) is 18.2 Å². The molecule has 0 N–H and O–H groups in total. The number of thiophene rings is 1. The number of rotatable bonds is 3. The van der Waals surface area contributed by atoms with Gasteiger partial charge in [-0.2, -0.15) is 0 Å². The molecule has 0 saturated carbocycles. The fourth-order valence-electron chi connectivity index (χ4n) is 1.85. The second kappa shape index (κ2) is 4.97. The van der Waals surface area contributed by atoms with Crippen molar-refractivity contribution in [3.63, 3.8) is 0 Å². The normalized spacial score (nSPS) is 10.8. The van der Waals surface area contributed by atoms with Crippen LogP contribution in [0.4, 0.5) is 8.78 Å². The largest absolute Gasteiger partial charge is 0.485 e. The Bertz CT molecular complexity index is 688. The van der Waals surface area contributed by atoms with Gasteiger partial charge in [-0.05, 0) is 29.7 Å². The van der Waals surface area contributed by atoms with Crippen LogP contribution in [0.15, 0.2) is 48.5 Å². The maximum atomic E-state index is 13.4. The number of hydrogen-bond donors (Lipinski definition) is 0. The first-order valence-electron chi connectivity index (χ1n) is 5.78. The fraction of sp³-hybridized carbons (Fsp3) is 0.0667. The van der Waals surface area contributed by atoms with Crippen molar-refractivity contribution < 1.29 is 13.5 Å². The average molecular weight is 276 g/mol. The van der Waals surface area contributed by atoms with Crippen LogP contribution in [0, 0.1) is 11.6 Å². The highest BCUT2D eigenvalue weighted by Crippen LogP contribution is 2.27. The number of ether oxygens (including phenoxy) is 1. The summed E-state index contributed by atoms with van der Waals surface area (Å²) in [5.41, 5.74) is 0. The van der Waals surface area contributed by atoms with Crippen molar-refractivity contribution in [2.45, 2.75) is 6.61 Å². The summed E-state index contributed by atoms with van der Waals surface area (Å²) in [5.74, 6) is -1.22. The predicted octanol–water partition coefficient (Wildman–Crippen LogP) is 4.76. The molecule has 2 aromatic carbocycles. The second-order valence-electron chi connectivity index (χ2n) is 4.11. The lowest BCUT2D eigenvalue weighted by Crippen LogP contribution is -1.95. The Balaban J connectivity index is 1.78. The van der Waals surface area contributed by atoms with E-state index in [0.29, 0.717) is 0 Å². The molecular weight excluding hydrogens is 266 g/mol. The topological polar surface area (TPSA) is 9.23 Å². The van der Waals surface area contributed by atoms with Crippen molar-refractivity contribution >= 4 is 21.4 Å². The maximum Gasteiger partial charge on any atom is 0.167 e. The number of halogens is 2. The molecule has 3 aromatic rings. The van der Waals surface area contributed by atoms with Crippen LogP contribution in [0.2, 0.25) is 0 Å². The molecule has 96 valence electrons.